The van der Waals surface area contributed by atoms with Crippen LogP contribution in [0.15, 0.2) is 188 Å². The van der Waals surface area contributed by atoms with Gasteiger partial charge in [-0.15, -0.1) is 0 Å². The van der Waals surface area contributed by atoms with E-state index in [9.17, 15) is 0 Å². The fraction of sp³-hybridized carbons (Fsp3) is 0. The minimum Gasteiger partial charge on any atom is -0.458 e. The average molecular weight is 703 g/mol. The average Bonchev–Trinajstić information content (AvgIpc) is 3.25. The quantitative estimate of drug-likeness (QED) is 0.171. The van der Waals surface area contributed by atoms with Gasteiger partial charge in [0.1, 0.15) is 23.0 Å². The van der Waals surface area contributed by atoms with Crippen LogP contribution in [-0.4, -0.2) is 6.71 Å². The molecule has 0 saturated carbocycles. The second-order valence-corrected chi connectivity index (χ2v) is 14.4. The Labute approximate surface area is 319 Å². The minimum absolute atomic E-state index is 0.0717. The van der Waals surface area contributed by atoms with Crippen molar-refractivity contribution in [2.75, 3.05) is 9.80 Å². The second-order valence-electron chi connectivity index (χ2n) is 14.4. The predicted molar refractivity (Wildman–Crippen MR) is 228 cm³/mol. The summed E-state index contributed by atoms with van der Waals surface area (Å²) in [6.07, 6.45) is 0. The fourth-order valence-corrected chi connectivity index (χ4v) is 9.18. The standard InChI is InChI=1S/C50H31BN2O2/c1-4-15-33(16-5-1)52(34-17-6-2-7-18-34)41-28-27-37-39-30-47-40(31-43(39)53(35-19-8-3-9-20-35)42-23-12-22-38(41)48(37)42)51-49-36-21-11-10-14-32(36)26-29-46(49)54-44-24-13-25-45(55-47)50(44)51/h1-31H. The van der Waals surface area contributed by atoms with Gasteiger partial charge >= 0.3 is 0 Å². The highest BCUT2D eigenvalue weighted by molar-refractivity contribution is 6.99. The van der Waals surface area contributed by atoms with Gasteiger partial charge in [0, 0.05) is 38.9 Å². The number of para-hydroxylation sites is 3. The molecule has 0 spiro atoms. The van der Waals surface area contributed by atoms with E-state index in [1.54, 1.807) is 0 Å². The maximum Gasteiger partial charge on any atom is 0.261 e. The second kappa shape index (κ2) is 11.6. The van der Waals surface area contributed by atoms with Crippen LogP contribution < -0.4 is 35.7 Å². The molecule has 0 fully saturated rings. The number of fused-ring (bicyclic) bond motifs is 8. The predicted octanol–water partition coefficient (Wildman–Crippen LogP) is 11.6. The van der Waals surface area contributed by atoms with E-state index in [4.69, 9.17) is 9.47 Å². The Morgan fingerprint density at radius 1 is 0.436 bits per heavy atom. The zero-order valence-electron chi connectivity index (χ0n) is 29.7. The number of ether oxygens (including phenoxy) is 2. The van der Waals surface area contributed by atoms with E-state index in [0.717, 1.165) is 73.6 Å². The summed E-state index contributed by atoms with van der Waals surface area (Å²) >= 11 is 0. The molecular formula is C50H31BN2O2. The van der Waals surface area contributed by atoms with Crippen molar-refractivity contribution < 1.29 is 9.47 Å². The summed E-state index contributed by atoms with van der Waals surface area (Å²) in [5, 5.41) is 4.76. The SMILES string of the molecule is c1ccc(N(c2ccccc2)c2ccc3c4c(cccc24)N(c2ccccc2)c2cc4c(cc2-3)Oc2cccc3c2B4c2c(ccc4ccccc24)O3)cc1. The van der Waals surface area contributed by atoms with Crippen molar-refractivity contribution in [3.05, 3.63) is 188 Å². The summed E-state index contributed by atoms with van der Waals surface area (Å²) in [6, 6.07) is 67.1. The maximum absolute atomic E-state index is 6.91. The first-order valence-corrected chi connectivity index (χ1v) is 18.8. The summed E-state index contributed by atoms with van der Waals surface area (Å²) in [5.41, 5.74) is 12.4. The largest absolute Gasteiger partial charge is 0.458 e. The molecular weight excluding hydrogens is 671 g/mol. The molecule has 12 rings (SSSR count). The lowest BCUT2D eigenvalue weighted by Crippen LogP contribution is -2.57. The molecule has 3 heterocycles. The molecule has 0 unspecified atom stereocenters. The summed E-state index contributed by atoms with van der Waals surface area (Å²) in [6.45, 7) is -0.0717. The summed E-state index contributed by atoms with van der Waals surface area (Å²) in [4.78, 5) is 4.80. The van der Waals surface area contributed by atoms with Crippen molar-refractivity contribution >= 4 is 78.8 Å². The summed E-state index contributed by atoms with van der Waals surface area (Å²) in [7, 11) is 0. The van der Waals surface area contributed by atoms with Gasteiger partial charge in [-0.05, 0) is 106 Å². The summed E-state index contributed by atoms with van der Waals surface area (Å²) in [5.74, 6) is 3.45. The maximum atomic E-state index is 6.91. The molecule has 4 nitrogen and oxygen atoms in total. The van der Waals surface area contributed by atoms with Gasteiger partial charge in [0.05, 0.1) is 17.1 Å². The Morgan fingerprint density at radius 3 is 1.84 bits per heavy atom. The number of anilines is 6. The topological polar surface area (TPSA) is 24.9 Å². The number of rotatable bonds is 4. The fourth-order valence-electron chi connectivity index (χ4n) is 9.18. The van der Waals surface area contributed by atoms with Crippen molar-refractivity contribution in [3.63, 3.8) is 0 Å². The molecule has 256 valence electrons. The van der Waals surface area contributed by atoms with Crippen LogP contribution in [0.3, 0.4) is 0 Å². The van der Waals surface area contributed by atoms with Gasteiger partial charge in [0.2, 0.25) is 0 Å². The van der Waals surface area contributed by atoms with Crippen LogP contribution in [0.4, 0.5) is 34.1 Å². The Hall–Kier alpha value is -7.24. The highest BCUT2D eigenvalue weighted by Gasteiger charge is 2.42. The first kappa shape index (κ1) is 30.2. The van der Waals surface area contributed by atoms with E-state index in [1.165, 1.54) is 32.6 Å². The van der Waals surface area contributed by atoms with Gasteiger partial charge in [0.25, 0.3) is 6.71 Å². The minimum atomic E-state index is -0.0717. The van der Waals surface area contributed by atoms with Crippen molar-refractivity contribution in [3.8, 4) is 34.1 Å². The molecule has 0 amide bonds. The van der Waals surface area contributed by atoms with Crippen LogP contribution in [-0.2, 0) is 0 Å². The summed E-state index contributed by atoms with van der Waals surface area (Å²) < 4.78 is 13.5. The van der Waals surface area contributed by atoms with E-state index in [2.05, 4.69) is 192 Å². The Bertz CT molecular complexity index is 2960. The molecule has 55 heavy (non-hydrogen) atoms. The van der Waals surface area contributed by atoms with Gasteiger partial charge in [0.15, 0.2) is 0 Å². The van der Waals surface area contributed by atoms with Gasteiger partial charge < -0.3 is 19.3 Å². The monoisotopic (exact) mass is 702 g/mol. The first-order valence-electron chi connectivity index (χ1n) is 18.8. The van der Waals surface area contributed by atoms with Gasteiger partial charge in [-0.1, -0.05) is 109 Å². The molecule has 0 N–H and O–H groups in total. The normalized spacial score (nSPS) is 12.9. The molecule has 0 bridgehead atoms. The lowest BCUT2D eigenvalue weighted by molar-refractivity contribution is 0.465. The van der Waals surface area contributed by atoms with Crippen LogP contribution in [0.5, 0.6) is 23.0 Å². The van der Waals surface area contributed by atoms with Crippen molar-refractivity contribution in [2.45, 2.75) is 0 Å². The third-order valence-electron chi connectivity index (χ3n) is 11.5. The van der Waals surface area contributed by atoms with Crippen molar-refractivity contribution in [1.82, 2.24) is 0 Å². The van der Waals surface area contributed by atoms with Crippen LogP contribution >= 0.6 is 0 Å². The highest BCUT2D eigenvalue weighted by Crippen LogP contribution is 2.54. The van der Waals surface area contributed by atoms with Crippen LogP contribution in [0, 0.1) is 0 Å². The molecule has 0 aromatic heterocycles. The molecule has 0 saturated heterocycles. The number of hydrogen-bond acceptors (Lipinski definition) is 4. The van der Waals surface area contributed by atoms with Crippen LogP contribution in [0.2, 0.25) is 0 Å². The lowest BCUT2D eigenvalue weighted by atomic mass is 9.34. The van der Waals surface area contributed by atoms with E-state index in [0.29, 0.717) is 0 Å². The zero-order valence-corrected chi connectivity index (χ0v) is 29.7. The van der Waals surface area contributed by atoms with Gasteiger partial charge in [-0.25, -0.2) is 0 Å². The first-order chi connectivity index (χ1) is 27.3. The van der Waals surface area contributed by atoms with Crippen molar-refractivity contribution in [2.24, 2.45) is 0 Å². The molecule has 5 heteroatoms. The number of nitrogens with zero attached hydrogens (tertiary/aromatic N) is 2. The smallest absolute Gasteiger partial charge is 0.261 e. The van der Waals surface area contributed by atoms with E-state index in [-0.39, 0.29) is 6.71 Å². The Kier molecular flexibility index (Phi) is 6.40. The molecule has 9 aromatic rings. The van der Waals surface area contributed by atoms with Gasteiger partial charge in [-0.3, -0.25) is 0 Å². The third-order valence-corrected chi connectivity index (χ3v) is 11.5. The van der Waals surface area contributed by atoms with E-state index < -0.39 is 0 Å². The van der Waals surface area contributed by atoms with Crippen LogP contribution in [0.1, 0.15) is 0 Å². The molecule has 0 radical (unpaired) electrons. The van der Waals surface area contributed by atoms with E-state index in [1.807, 2.05) is 6.07 Å². The Morgan fingerprint density at radius 2 is 1.07 bits per heavy atom. The number of benzene rings is 9. The highest BCUT2D eigenvalue weighted by atomic mass is 16.5. The molecule has 9 aromatic carbocycles. The lowest BCUT2D eigenvalue weighted by Gasteiger charge is -2.38. The Balaban J connectivity index is 1.14. The molecule has 0 atom stereocenters. The molecule has 3 aliphatic rings. The van der Waals surface area contributed by atoms with E-state index >= 15 is 0 Å². The van der Waals surface area contributed by atoms with Crippen molar-refractivity contribution in [1.29, 1.82) is 0 Å². The van der Waals surface area contributed by atoms with Crippen LogP contribution in [0.25, 0.3) is 32.7 Å². The molecule has 3 aliphatic heterocycles. The van der Waals surface area contributed by atoms with Gasteiger partial charge in [-0.2, -0.15) is 0 Å². The zero-order chi connectivity index (χ0) is 36.0. The molecule has 0 aliphatic carbocycles. The third kappa shape index (κ3) is 4.41. The number of hydrogen-bond donors (Lipinski definition) is 0.